The second-order valence-electron chi connectivity index (χ2n) is 5.19. The molecule has 6 nitrogen and oxygen atoms in total. The van der Waals surface area contributed by atoms with Gasteiger partial charge in [-0.25, -0.2) is 0 Å². The van der Waals surface area contributed by atoms with E-state index in [1.165, 1.54) is 26.4 Å². The Balaban J connectivity index is 2.30. The van der Waals surface area contributed by atoms with E-state index in [0.717, 1.165) is 0 Å². The number of carbonyl (C=O) groups is 1. The maximum atomic E-state index is 12.3. The van der Waals surface area contributed by atoms with Crippen molar-refractivity contribution < 1.29 is 19.2 Å². The van der Waals surface area contributed by atoms with Crippen LogP contribution in [0.1, 0.15) is 21.5 Å². The fourth-order valence-electron chi connectivity index (χ4n) is 2.26. The molecule has 0 radical (unpaired) electrons. The summed E-state index contributed by atoms with van der Waals surface area (Å²) < 4.78 is 10.4. The fourth-order valence-corrected chi connectivity index (χ4v) is 2.56. The van der Waals surface area contributed by atoms with Gasteiger partial charge < -0.3 is 9.47 Å². The van der Waals surface area contributed by atoms with Crippen LogP contribution >= 0.6 is 11.6 Å². The predicted molar refractivity (Wildman–Crippen MR) is 95.8 cm³/mol. The number of carbonyl (C=O) groups excluding carboxylic acids is 1. The van der Waals surface area contributed by atoms with Crippen molar-refractivity contribution >= 4 is 29.1 Å². The highest BCUT2D eigenvalue weighted by atomic mass is 35.5. The van der Waals surface area contributed by atoms with Crippen molar-refractivity contribution in [2.24, 2.45) is 0 Å². The molecule has 0 aliphatic rings. The quantitative estimate of drug-likeness (QED) is 0.328. The van der Waals surface area contributed by atoms with Gasteiger partial charge in [-0.2, -0.15) is 0 Å². The first-order chi connectivity index (χ1) is 11.9. The Hall–Kier alpha value is -2.86. The Bertz CT molecular complexity index is 861. The van der Waals surface area contributed by atoms with Crippen molar-refractivity contribution in [2.75, 3.05) is 14.2 Å². The Labute approximate surface area is 149 Å². The minimum absolute atomic E-state index is 0.0894. The third-order valence-corrected chi connectivity index (χ3v) is 3.85. The van der Waals surface area contributed by atoms with E-state index >= 15 is 0 Å². The van der Waals surface area contributed by atoms with Crippen LogP contribution in [-0.2, 0) is 0 Å². The number of rotatable bonds is 6. The lowest BCUT2D eigenvalue weighted by atomic mass is 10.1. The second kappa shape index (κ2) is 7.81. The molecule has 2 rings (SSSR count). The summed E-state index contributed by atoms with van der Waals surface area (Å²) in [5.74, 6) is 0.490. The van der Waals surface area contributed by atoms with Gasteiger partial charge in [-0.3, -0.25) is 14.9 Å². The van der Waals surface area contributed by atoms with Gasteiger partial charge in [0.2, 0.25) is 0 Å². The summed E-state index contributed by atoms with van der Waals surface area (Å²) >= 11 is 6.12. The third kappa shape index (κ3) is 4.16. The van der Waals surface area contributed by atoms with E-state index in [-0.39, 0.29) is 17.0 Å². The van der Waals surface area contributed by atoms with Crippen LogP contribution in [0.3, 0.4) is 0 Å². The molecule has 0 aromatic heterocycles. The Morgan fingerprint density at radius 2 is 1.92 bits per heavy atom. The number of ketones is 1. The van der Waals surface area contributed by atoms with E-state index in [2.05, 4.69) is 0 Å². The lowest BCUT2D eigenvalue weighted by Gasteiger charge is -2.10. The van der Waals surface area contributed by atoms with Gasteiger partial charge in [0.05, 0.1) is 24.2 Å². The number of benzene rings is 2. The monoisotopic (exact) mass is 361 g/mol. The molecule has 0 amide bonds. The molecule has 0 N–H and O–H groups in total. The lowest BCUT2D eigenvalue weighted by Crippen LogP contribution is -1.98. The highest BCUT2D eigenvalue weighted by Gasteiger charge is 2.14. The van der Waals surface area contributed by atoms with Crippen LogP contribution in [0.15, 0.2) is 36.4 Å². The zero-order valence-corrected chi connectivity index (χ0v) is 14.7. The minimum atomic E-state index is -0.510. The molecule has 0 aliphatic heterocycles. The molecule has 130 valence electrons. The first-order valence-electron chi connectivity index (χ1n) is 7.26. The molecule has 2 aromatic rings. The molecule has 0 aliphatic carbocycles. The average molecular weight is 362 g/mol. The summed E-state index contributed by atoms with van der Waals surface area (Å²) in [7, 11) is 2.96. The van der Waals surface area contributed by atoms with Crippen molar-refractivity contribution in [3.63, 3.8) is 0 Å². The summed E-state index contributed by atoms with van der Waals surface area (Å²) in [5, 5.41) is 11.3. The van der Waals surface area contributed by atoms with Crippen LogP contribution in [0.25, 0.3) is 6.08 Å². The molecule has 0 saturated carbocycles. The number of hydrogen-bond acceptors (Lipinski definition) is 5. The van der Waals surface area contributed by atoms with Gasteiger partial charge in [-0.15, -0.1) is 0 Å². The van der Waals surface area contributed by atoms with Crippen LogP contribution in [0, 0.1) is 17.0 Å². The summed E-state index contributed by atoms with van der Waals surface area (Å²) in [6.07, 6.45) is 2.88. The maximum absolute atomic E-state index is 12.3. The largest absolute Gasteiger partial charge is 0.493 e. The number of hydrogen-bond donors (Lipinski definition) is 0. The highest BCUT2D eigenvalue weighted by Crippen LogP contribution is 2.36. The second-order valence-corrected chi connectivity index (χ2v) is 5.60. The number of nitro benzene ring substituents is 1. The van der Waals surface area contributed by atoms with Gasteiger partial charge in [0.1, 0.15) is 0 Å². The Morgan fingerprint density at radius 3 is 2.52 bits per heavy atom. The summed E-state index contributed by atoms with van der Waals surface area (Å²) in [6, 6.07) is 7.67. The average Bonchev–Trinajstić information content (AvgIpc) is 2.59. The number of allylic oxidation sites excluding steroid dienone is 1. The Morgan fingerprint density at radius 1 is 1.20 bits per heavy atom. The van der Waals surface area contributed by atoms with Crippen LogP contribution in [0.4, 0.5) is 5.69 Å². The van der Waals surface area contributed by atoms with Crippen molar-refractivity contribution in [2.45, 2.75) is 6.92 Å². The number of aryl methyl sites for hydroxylation is 1. The molecule has 0 fully saturated rings. The highest BCUT2D eigenvalue weighted by molar-refractivity contribution is 6.32. The molecule has 0 saturated heterocycles. The van der Waals surface area contributed by atoms with Gasteiger partial charge >= 0.3 is 0 Å². The van der Waals surface area contributed by atoms with Crippen LogP contribution in [0.2, 0.25) is 5.02 Å². The predicted octanol–water partition coefficient (Wildman–Crippen LogP) is 4.47. The Kier molecular flexibility index (Phi) is 5.77. The summed E-state index contributed by atoms with van der Waals surface area (Å²) in [6.45, 7) is 1.62. The molecule has 2 aromatic carbocycles. The normalized spacial score (nSPS) is 10.7. The van der Waals surface area contributed by atoms with E-state index in [9.17, 15) is 14.9 Å². The molecule has 0 spiro atoms. The minimum Gasteiger partial charge on any atom is -0.493 e. The SMILES string of the molecule is COc1cc(/C=C/C(=O)c2ccc(C)c([N+](=O)[O-])c2)cc(Cl)c1OC. The number of ether oxygens (including phenoxy) is 2. The zero-order valence-electron chi connectivity index (χ0n) is 13.9. The van der Waals surface area contributed by atoms with Gasteiger partial charge in [0.25, 0.3) is 5.69 Å². The van der Waals surface area contributed by atoms with E-state index in [1.54, 1.807) is 37.3 Å². The zero-order chi connectivity index (χ0) is 18.6. The van der Waals surface area contributed by atoms with Crippen molar-refractivity contribution in [1.29, 1.82) is 0 Å². The topological polar surface area (TPSA) is 78.7 Å². The summed E-state index contributed by atoms with van der Waals surface area (Å²) in [4.78, 5) is 22.7. The molecular weight excluding hydrogens is 346 g/mol. The number of halogens is 1. The smallest absolute Gasteiger partial charge is 0.273 e. The van der Waals surface area contributed by atoms with Crippen molar-refractivity contribution in [3.05, 3.63) is 68.2 Å². The van der Waals surface area contributed by atoms with Crippen LogP contribution in [0.5, 0.6) is 11.5 Å². The standard InChI is InChI=1S/C18H16ClNO5/c1-11-4-6-13(10-15(11)20(22)23)16(21)7-5-12-8-14(19)18(25-3)17(9-12)24-2/h4-10H,1-3H3/b7-5+. The van der Waals surface area contributed by atoms with E-state index in [1.807, 2.05) is 0 Å². The van der Waals surface area contributed by atoms with E-state index in [4.69, 9.17) is 21.1 Å². The number of nitrogens with zero attached hydrogens (tertiary/aromatic N) is 1. The molecule has 0 unspecified atom stereocenters. The van der Waals surface area contributed by atoms with Gasteiger partial charge in [0, 0.05) is 17.2 Å². The first kappa shape index (κ1) is 18.5. The molecule has 0 bridgehead atoms. The summed E-state index contributed by atoms with van der Waals surface area (Å²) in [5.41, 5.74) is 1.28. The fraction of sp³-hybridized carbons (Fsp3) is 0.167. The molecular formula is C18H16ClNO5. The molecule has 0 heterocycles. The number of nitro groups is 1. The molecule has 7 heteroatoms. The maximum Gasteiger partial charge on any atom is 0.273 e. The van der Waals surface area contributed by atoms with Gasteiger partial charge in [-0.05, 0) is 30.7 Å². The number of methoxy groups -OCH3 is 2. The molecule has 25 heavy (non-hydrogen) atoms. The van der Waals surface area contributed by atoms with Crippen LogP contribution < -0.4 is 9.47 Å². The van der Waals surface area contributed by atoms with Gasteiger partial charge in [-0.1, -0.05) is 29.8 Å². The van der Waals surface area contributed by atoms with Gasteiger partial charge in [0.15, 0.2) is 17.3 Å². The third-order valence-electron chi connectivity index (χ3n) is 3.57. The first-order valence-corrected chi connectivity index (χ1v) is 7.64. The lowest BCUT2D eigenvalue weighted by molar-refractivity contribution is -0.385. The van der Waals surface area contributed by atoms with Crippen molar-refractivity contribution in [3.8, 4) is 11.5 Å². The van der Waals surface area contributed by atoms with Crippen molar-refractivity contribution in [1.82, 2.24) is 0 Å². The van der Waals surface area contributed by atoms with E-state index in [0.29, 0.717) is 27.6 Å². The van der Waals surface area contributed by atoms with Crippen LogP contribution in [-0.4, -0.2) is 24.9 Å². The van der Waals surface area contributed by atoms with E-state index < -0.39 is 4.92 Å². The molecule has 0 atom stereocenters.